The molecule has 28 heavy (non-hydrogen) atoms. The number of amides is 1. The molecule has 7 heteroatoms. The summed E-state index contributed by atoms with van der Waals surface area (Å²) in [4.78, 5) is 35.6. The van der Waals surface area contributed by atoms with E-state index in [-0.39, 0.29) is 11.5 Å². The van der Waals surface area contributed by atoms with Gasteiger partial charge in [0.15, 0.2) is 5.16 Å². The van der Waals surface area contributed by atoms with Crippen LogP contribution >= 0.6 is 11.8 Å². The third kappa shape index (κ3) is 4.80. The Morgan fingerprint density at radius 1 is 1.32 bits per heavy atom. The summed E-state index contributed by atoms with van der Waals surface area (Å²) in [6, 6.07) is 1.89. The number of H-pyrrole nitrogens is 1. The number of carbonyl (C=O) groups excluding carboxylic acids is 1. The number of hydrogen-bond donors (Lipinski definition) is 1. The Morgan fingerprint density at radius 3 is 2.64 bits per heavy atom. The number of thioether (sulfide) groups is 1. The largest absolute Gasteiger partial charge is 0.353 e. The molecule has 154 valence electrons. The van der Waals surface area contributed by atoms with Crippen molar-refractivity contribution in [2.45, 2.75) is 59.2 Å². The van der Waals surface area contributed by atoms with Crippen LogP contribution in [0.1, 0.15) is 46.2 Å². The lowest BCUT2D eigenvalue weighted by molar-refractivity contribution is -0.130. The van der Waals surface area contributed by atoms with E-state index in [0.29, 0.717) is 46.2 Å². The fourth-order valence-electron chi connectivity index (χ4n) is 3.99. The van der Waals surface area contributed by atoms with Crippen molar-refractivity contribution in [3.05, 3.63) is 22.1 Å². The van der Waals surface area contributed by atoms with Gasteiger partial charge in [-0.25, -0.2) is 4.98 Å². The highest BCUT2D eigenvalue weighted by Gasteiger charge is 2.25. The minimum atomic E-state index is -0.0473. The summed E-state index contributed by atoms with van der Waals surface area (Å²) in [6.45, 7) is 12.9. The minimum absolute atomic E-state index is 0.0473. The van der Waals surface area contributed by atoms with Crippen molar-refractivity contribution in [1.82, 2.24) is 19.4 Å². The van der Waals surface area contributed by atoms with Crippen molar-refractivity contribution >= 4 is 28.7 Å². The minimum Gasteiger partial charge on any atom is -0.353 e. The van der Waals surface area contributed by atoms with Gasteiger partial charge in [-0.2, -0.15) is 0 Å². The molecule has 2 aromatic heterocycles. The van der Waals surface area contributed by atoms with Crippen LogP contribution in [0, 0.1) is 24.7 Å². The number of hydrogen-bond acceptors (Lipinski definition) is 4. The van der Waals surface area contributed by atoms with Crippen molar-refractivity contribution in [3.63, 3.8) is 0 Å². The Morgan fingerprint density at radius 2 is 2.00 bits per heavy atom. The van der Waals surface area contributed by atoms with Crippen molar-refractivity contribution < 1.29 is 4.79 Å². The number of nitrogens with one attached hydrogen (secondary N) is 1. The predicted octanol–water partition coefficient (Wildman–Crippen LogP) is 3.68. The van der Waals surface area contributed by atoms with Gasteiger partial charge in [-0.1, -0.05) is 39.5 Å². The molecule has 0 spiro atoms. The molecule has 2 atom stereocenters. The van der Waals surface area contributed by atoms with E-state index in [1.807, 2.05) is 17.9 Å². The standard InChI is InChI=1S/C21H32N4O2S/c1-13(2)6-7-25-20(27)19-17(9-16(5)22-19)23-21(25)28-12-18(26)24-10-14(3)8-15(4)11-24/h9,13-15,22H,6-8,10-12H2,1-5H3. The van der Waals surface area contributed by atoms with Crippen LogP contribution in [0.5, 0.6) is 0 Å². The van der Waals surface area contributed by atoms with E-state index in [9.17, 15) is 9.59 Å². The molecule has 3 rings (SSSR count). The molecule has 0 saturated carbocycles. The van der Waals surface area contributed by atoms with Gasteiger partial charge in [0.2, 0.25) is 5.91 Å². The highest BCUT2D eigenvalue weighted by atomic mass is 32.2. The molecule has 1 N–H and O–H groups in total. The molecule has 0 aliphatic carbocycles. The summed E-state index contributed by atoms with van der Waals surface area (Å²) in [5.41, 5.74) is 2.10. The first-order chi connectivity index (χ1) is 13.2. The maximum atomic E-state index is 13.0. The second-order valence-electron chi connectivity index (χ2n) is 8.78. The Balaban J connectivity index is 1.81. The fraction of sp³-hybridized carbons (Fsp3) is 0.667. The molecule has 2 unspecified atom stereocenters. The average molecular weight is 405 g/mol. The Hall–Kier alpha value is -1.76. The van der Waals surface area contributed by atoms with Crippen LogP contribution < -0.4 is 5.56 Å². The summed E-state index contributed by atoms with van der Waals surface area (Å²) in [5, 5.41) is 0.642. The van der Waals surface area contributed by atoms with Gasteiger partial charge in [0.05, 0.1) is 11.3 Å². The Bertz CT molecular complexity index is 892. The number of rotatable bonds is 6. The molecule has 6 nitrogen and oxygen atoms in total. The molecule has 0 bridgehead atoms. The molecule has 2 aromatic rings. The van der Waals surface area contributed by atoms with E-state index >= 15 is 0 Å². The summed E-state index contributed by atoms with van der Waals surface area (Å²) in [7, 11) is 0. The Labute approximate surface area is 171 Å². The average Bonchev–Trinajstić information content (AvgIpc) is 2.98. The first-order valence-electron chi connectivity index (χ1n) is 10.2. The summed E-state index contributed by atoms with van der Waals surface area (Å²) in [5.74, 6) is 2.03. The topological polar surface area (TPSA) is 71.0 Å². The van der Waals surface area contributed by atoms with Crippen LogP contribution in [0.2, 0.25) is 0 Å². The molecular formula is C21H32N4O2S. The molecule has 1 saturated heterocycles. The number of aromatic nitrogens is 3. The zero-order valence-corrected chi connectivity index (χ0v) is 18.4. The van der Waals surface area contributed by atoms with E-state index in [1.54, 1.807) is 4.57 Å². The monoisotopic (exact) mass is 404 g/mol. The van der Waals surface area contributed by atoms with Crippen LogP contribution in [0.4, 0.5) is 0 Å². The van der Waals surface area contributed by atoms with Gasteiger partial charge < -0.3 is 9.88 Å². The number of likely N-dealkylation sites (tertiary alicyclic amines) is 1. The van der Waals surface area contributed by atoms with Crippen molar-refractivity contribution in [2.75, 3.05) is 18.8 Å². The number of piperidine rings is 1. The summed E-state index contributed by atoms with van der Waals surface area (Å²) >= 11 is 1.39. The number of nitrogens with zero attached hydrogens (tertiary/aromatic N) is 3. The van der Waals surface area contributed by atoms with E-state index in [0.717, 1.165) is 25.2 Å². The number of aryl methyl sites for hydroxylation is 1. The number of carbonyl (C=O) groups is 1. The van der Waals surface area contributed by atoms with Gasteiger partial charge in [-0.15, -0.1) is 0 Å². The molecule has 1 aliphatic rings. The van der Waals surface area contributed by atoms with E-state index in [4.69, 9.17) is 4.98 Å². The van der Waals surface area contributed by atoms with Gasteiger partial charge in [0.1, 0.15) is 5.52 Å². The van der Waals surface area contributed by atoms with Crippen LogP contribution in [-0.4, -0.2) is 44.2 Å². The molecule has 0 radical (unpaired) electrons. The van der Waals surface area contributed by atoms with Crippen LogP contribution in [0.15, 0.2) is 16.0 Å². The van der Waals surface area contributed by atoms with E-state index in [2.05, 4.69) is 32.7 Å². The first kappa shape index (κ1) is 21.0. The maximum absolute atomic E-state index is 13.0. The summed E-state index contributed by atoms with van der Waals surface area (Å²) < 4.78 is 1.73. The lowest BCUT2D eigenvalue weighted by atomic mass is 9.92. The highest BCUT2D eigenvalue weighted by molar-refractivity contribution is 7.99. The Kier molecular flexibility index (Phi) is 6.53. The third-order valence-electron chi connectivity index (χ3n) is 5.31. The van der Waals surface area contributed by atoms with Gasteiger partial charge >= 0.3 is 0 Å². The van der Waals surface area contributed by atoms with Gasteiger partial charge in [-0.3, -0.25) is 14.2 Å². The molecule has 3 heterocycles. The zero-order chi connectivity index (χ0) is 20.4. The summed E-state index contributed by atoms with van der Waals surface area (Å²) in [6.07, 6.45) is 2.08. The van der Waals surface area contributed by atoms with Gasteiger partial charge in [0, 0.05) is 25.3 Å². The highest BCUT2D eigenvalue weighted by Crippen LogP contribution is 2.24. The lowest BCUT2D eigenvalue weighted by Gasteiger charge is -2.35. The molecule has 1 aliphatic heterocycles. The normalized spacial score (nSPS) is 20.3. The van der Waals surface area contributed by atoms with Crippen LogP contribution in [-0.2, 0) is 11.3 Å². The van der Waals surface area contributed by atoms with E-state index in [1.165, 1.54) is 18.2 Å². The molecule has 0 aromatic carbocycles. The number of fused-ring (bicyclic) bond motifs is 1. The molecule has 1 amide bonds. The first-order valence-corrected chi connectivity index (χ1v) is 11.2. The van der Waals surface area contributed by atoms with Crippen molar-refractivity contribution in [3.8, 4) is 0 Å². The number of aromatic amines is 1. The fourth-order valence-corrected chi connectivity index (χ4v) is 4.92. The van der Waals surface area contributed by atoms with E-state index < -0.39 is 0 Å². The molecule has 1 fully saturated rings. The second-order valence-corrected chi connectivity index (χ2v) is 9.72. The van der Waals surface area contributed by atoms with Crippen LogP contribution in [0.25, 0.3) is 11.0 Å². The van der Waals surface area contributed by atoms with Crippen molar-refractivity contribution in [1.29, 1.82) is 0 Å². The smallest absolute Gasteiger partial charge is 0.278 e. The zero-order valence-electron chi connectivity index (χ0n) is 17.6. The third-order valence-corrected chi connectivity index (χ3v) is 6.28. The van der Waals surface area contributed by atoms with Crippen LogP contribution in [0.3, 0.4) is 0 Å². The quantitative estimate of drug-likeness (QED) is 0.589. The van der Waals surface area contributed by atoms with Crippen molar-refractivity contribution in [2.24, 2.45) is 17.8 Å². The lowest BCUT2D eigenvalue weighted by Crippen LogP contribution is -2.43. The molecular weight excluding hydrogens is 372 g/mol. The van der Waals surface area contributed by atoms with Gasteiger partial charge in [-0.05, 0) is 43.6 Å². The second kappa shape index (κ2) is 8.72. The predicted molar refractivity (Wildman–Crippen MR) is 115 cm³/mol. The maximum Gasteiger partial charge on any atom is 0.278 e. The SMILES string of the molecule is Cc1cc2nc(SCC(=O)N3CC(C)CC(C)C3)n(CCC(C)C)c(=O)c2[nH]1. The van der Waals surface area contributed by atoms with Gasteiger partial charge in [0.25, 0.3) is 5.56 Å².